The smallest absolute Gasteiger partial charge is 0.0297 e. The molecule has 0 N–H and O–H groups in total. The van der Waals surface area contributed by atoms with E-state index in [1.807, 2.05) is 0 Å². The van der Waals surface area contributed by atoms with Gasteiger partial charge in [-0.3, -0.25) is 0 Å². The highest BCUT2D eigenvalue weighted by Gasteiger charge is 2.02. The second kappa shape index (κ2) is 8.34. The van der Waals surface area contributed by atoms with Crippen molar-refractivity contribution < 1.29 is 0 Å². The fourth-order valence-electron chi connectivity index (χ4n) is 1.66. The highest BCUT2D eigenvalue weighted by atomic mass is 14.1. The molecule has 0 aliphatic rings. The van der Waals surface area contributed by atoms with Gasteiger partial charge in [-0.15, -0.1) is 0 Å². The van der Waals surface area contributed by atoms with Gasteiger partial charge >= 0.3 is 0 Å². The third-order valence-electron chi connectivity index (χ3n) is 2.69. The van der Waals surface area contributed by atoms with Crippen molar-refractivity contribution in [1.82, 2.24) is 0 Å². The predicted molar refractivity (Wildman–Crippen MR) is 62.0 cm³/mol. The van der Waals surface area contributed by atoms with E-state index in [1.54, 1.807) is 0 Å². The fourth-order valence-corrected chi connectivity index (χ4v) is 1.66. The number of allylic oxidation sites excluding steroid dienone is 1. The Morgan fingerprint density at radius 2 is 1.85 bits per heavy atom. The van der Waals surface area contributed by atoms with Crippen LogP contribution in [0.15, 0.2) is 12.2 Å². The van der Waals surface area contributed by atoms with E-state index < -0.39 is 0 Å². The van der Waals surface area contributed by atoms with Crippen LogP contribution in [0.3, 0.4) is 0 Å². The van der Waals surface area contributed by atoms with Gasteiger partial charge in [0.05, 0.1) is 0 Å². The van der Waals surface area contributed by atoms with Gasteiger partial charge in [0.2, 0.25) is 0 Å². The molecule has 0 spiro atoms. The molecular formula is C13H26. The minimum absolute atomic E-state index is 0.851. The molecule has 0 nitrogen and oxygen atoms in total. The van der Waals surface area contributed by atoms with Gasteiger partial charge in [0, 0.05) is 0 Å². The van der Waals surface area contributed by atoms with Crippen LogP contribution in [0.2, 0.25) is 0 Å². The normalized spacial score (nSPS) is 12.8. The molecular weight excluding hydrogens is 156 g/mol. The number of unbranched alkanes of at least 4 members (excludes halogenated alkanes) is 3. The SMILES string of the molecule is C=C(CC)CC(C)CCCCCC. The lowest BCUT2D eigenvalue weighted by Crippen LogP contribution is -1.96. The Bertz CT molecular complexity index is 124. The molecule has 0 saturated heterocycles. The second-order valence-corrected chi connectivity index (χ2v) is 4.26. The highest BCUT2D eigenvalue weighted by Crippen LogP contribution is 2.18. The van der Waals surface area contributed by atoms with E-state index in [2.05, 4.69) is 27.4 Å². The summed E-state index contributed by atoms with van der Waals surface area (Å²) in [6, 6.07) is 0. The minimum Gasteiger partial charge on any atom is -0.0999 e. The fraction of sp³-hybridized carbons (Fsp3) is 0.846. The van der Waals surface area contributed by atoms with Crippen molar-refractivity contribution in [3.8, 4) is 0 Å². The summed E-state index contributed by atoms with van der Waals surface area (Å²) in [5.74, 6) is 0.851. The zero-order valence-electron chi connectivity index (χ0n) is 9.73. The highest BCUT2D eigenvalue weighted by molar-refractivity contribution is 4.93. The summed E-state index contributed by atoms with van der Waals surface area (Å²) < 4.78 is 0. The predicted octanol–water partition coefficient (Wildman–Crippen LogP) is 4.95. The van der Waals surface area contributed by atoms with E-state index in [0.29, 0.717) is 0 Å². The molecule has 1 unspecified atom stereocenters. The van der Waals surface area contributed by atoms with Crippen LogP contribution in [0, 0.1) is 5.92 Å². The van der Waals surface area contributed by atoms with Crippen LogP contribution in [0.1, 0.15) is 65.7 Å². The van der Waals surface area contributed by atoms with E-state index in [-0.39, 0.29) is 0 Å². The van der Waals surface area contributed by atoms with Crippen molar-refractivity contribution in [2.24, 2.45) is 5.92 Å². The molecule has 0 amide bonds. The monoisotopic (exact) mass is 182 g/mol. The summed E-state index contributed by atoms with van der Waals surface area (Å²) in [7, 11) is 0. The van der Waals surface area contributed by atoms with Crippen LogP contribution < -0.4 is 0 Å². The van der Waals surface area contributed by atoms with Crippen LogP contribution in [0.25, 0.3) is 0 Å². The average Bonchev–Trinajstić information content (AvgIpc) is 2.12. The first kappa shape index (κ1) is 12.7. The summed E-state index contributed by atoms with van der Waals surface area (Å²) in [6.07, 6.45) is 9.35. The number of hydrogen-bond donors (Lipinski definition) is 0. The lowest BCUT2D eigenvalue weighted by atomic mass is 9.95. The van der Waals surface area contributed by atoms with Crippen LogP contribution >= 0.6 is 0 Å². The molecule has 0 heteroatoms. The molecule has 0 aromatic rings. The summed E-state index contributed by atoms with van der Waals surface area (Å²) in [5, 5.41) is 0. The third kappa shape index (κ3) is 8.08. The molecule has 0 aromatic carbocycles. The summed E-state index contributed by atoms with van der Waals surface area (Å²) in [6.45, 7) is 10.9. The maximum Gasteiger partial charge on any atom is -0.0297 e. The maximum atomic E-state index is 4.06. The van der Waals surface area contributed by atoms with Crippen molar-refractivity contribution in [3.05, 3.63) is 12.2 Å². The Labute approximate surface area is 84.4 Å². The molecule has 0 aliphatic heterocycles. The summed E-state index contributed by atoms with van der Waals surface area (Å²) in [4.78, 5) is 0. The van der Waals surface area contributed by atoms with Gasteiger partial charge < -0.3 is 0 Å². The molecule has 1 atom stereocenters. The molecule has 13 heavy (non-hydrogen) atoms. The zero-order chi connectivity index (χ0) is 10.1. The topological polar surface area (TPSA) is 0 Å². The molecule has 0 heterocycles. The molecule has 0 rings (SSSR count). The molecule has 0 aliphatic carbocycles. The average molecular weight is 182 g/mol. The van der Waals surface area contributed by atoms with Crippen LogP contribution in [-0.2, 0) is 0 Å². The van der Waals surface area contributed by atoms with Crippen molar-refractivity contribution >= 4 is 0 Å². The molecule has 0 aromatic heterocycles. The number of rotatable bonds is 8. The second-order valence-electron chi connectivity index (χ2n) is 4.26. The summed E-state index contributed by atoms with van der Waals surface area (Å²) in [5.41, 5.74) is 1.42. The van der Waals surface area contributed by atoms with Crippen molar-refractivity contribution in [3.63, 3.8) is 0 Å². The summed E-state index contributed by atoms with van der Waals surface area (Å²) >= 11 is 0. The first-order valence-electron chi connectivity index (χ1n) is 5.87. The lowest BCUT2D eigenvalue weighted by molar-refractivity contribution is 0.482. The molecule has 0 bridgehead atoms. The molecule has 0 saturated carbocycles. The zero-order valence-corrected chi connectivity index (χ0v) is 9.73. The van der Waals surface area contributed by atoms with Gasteiger partial charge in [-0.1, -0.05) is 65.0 Å². The van der Waals surface area contributed by atoms with E-state index in [9.17, 15) is 0 Å². The quantitative estimate of drug-likeness (QED) is 0.368. The first-order chi connectivity index (χ1) is 6.20. The lowest BCUT2D eigenvalue weighted by Gasteiger charge is -2.11. The Kier molecular flexibility index (Phi) is 8.18. The van der Waals surface area contributed by atoms with Gasteiger partial charge in [0.15, 0.2) is 0 Å². The maximum absolute atomic E-state index is 4.06. The standard InChI is InChI=1S/C13H26/c1-5-7-8-9-10-13(4)11-12(3)6-2/h13H,3,5-11H2,1-2,4H3. The Hall–Kier alpha value is -0.260. The van der Waals surface area contributed by atoms with Crippen LogP contribution in [0.4, 0.5) is 0 Å². The van der Waals surface area contributed by atoms with Gasteiger partial charge in [0.25, 0.3) is 0 Å². The Balaban J connectivity index is 3.29. The molecule has 0 fully saturated rings. The van der Waals surface area contributed by atoms with Crippen molar-refractivity contribution in [1.29, 1.82) is 0 Å². The Morgan fingerprint density at radius 3 is 2.38 bits per heavy atom. The van der Waals surface area contributed by atoms with Crippen molar-refractivity contribution in [2.45, 2.75) is 65.7 Å². The molecule has 78 valence electrons. The van der Waals surface area contributed by atoms with Gasteiger partial charge in [-0.2, -0.15) is 0 Å². The molecule has 0 radical (unpaired) electrons. The van der Waals surface area contributed by atoms with Gasteiger partial charge in [0.1, 0.15) is 0 Å². The van der Waals surface area contributed by atoms with E-state index in [0.717, 1.165) is 12.3 Å². The Morgan fingerprint density at radius 1 is 1.15 bits per heavy atom. The largest absolute Gasteiger partial charge is 0.0999 e. The van der Waals surface area contributed by atoms with Crippen LogP contribution in [-0.4, -0.2) is 0 Å². The van der Waals surface area contributed by atoms with Gasteiger partial charge in [-0.05, 0) is 18.8 Å². The minimum atomic E-state index is 0.851. The number of hydrogen-bond acceptors (Lipinski definition) is 0. The van der Waals surface area contributed by atoms with E-state index in [1.165, 1.54) is 44.1 Å². The van der Waals surface area contributed by atoms with Gasteiger partial charge in [-0.25, -0.2) is 0 Å². The van der Waals surface area contributed by atoms with Crippen LogP contribution in [0.5, 0.6) is 0 Å². The third-order valence-corrected chi connectivity index (χ3v) is 2.69. The van der Waals surface area contributed by atoms with E-state index >= 15 is 0 Å². The van der Waals surface area contributed by atoms with E-state index in [4.69, 9.17) is 0 Å². The first-order valence-corrected chi connectivity index (χ1v) is 5.87. The van der Waals surface area contributed by atoms with Crippen molar-refractivity contribution in [2.75, 3.05) is 0 Å².